The Bertz CT molecular complexity index is 758. The number of halogens is 3. The summed E-state index contributed by atoms with van der Waals surface area (Å²) in [7, 11) is 0. The second-order valence-corrected chi connectivity index (χ2v) is 7.29. The maximum atomic E-state index is 6.05. The van der Waals surface area contributed by atoms with Crippen molar-refractivity contribution in [2.45, 2.75) is 26.2 Å². The van der Waals surface area contributed by atoms with Crippen molar-refractivity contribution >= 4 is 63.4 Å². The van der Waals surface area contributed by atoms with Gasteiger partial charge in [0.25, 0.3) is 0 Å². The van der Waals surface area contributed by atoms with Gasteiger partial charge in [-0.2, -0.15) is 0 Å². The Balaban J connectivity index is 2.11. The molecule has 0 unspecified atom stereocenters. The van der Waals surface area contributed by atoms with Crippen LogP contribution in [0.4, 0.5) is 5.69 Å². The zero-order chi connectivity index (χ0) is 18.2. The lowest BCUT2D eigenvalue weighted by Crippen LogP contribution is -2.16. The molecule has 25 heavy (non-hydrogen) atoms. The molecule has 2 aromatic carbocycles. The number of hydrogen-bond acceptors (Lipinski definition) is 2. The van der Waals surface area contributed by atoms with Crippen molar-refractivity contribution in [3.63, 3.8) is 0 Å². The quantitative estimate of drug-likeness (QED) is 0.298. The predicted molar refractivity (Wildman–Crippen MR) is 115 cm³/mol. The first-order valence-electron chi connectivity index (χ1n) is 8.03. The number of nitrogens with one attached hydrogen (secondary N) is 1. The Morgan fingerprint density at radius 2 is 1.76 bits per heavy atom. The van der Waals surface area contributed by atoms with Crippen molar-refractivity contribution in [3.05, 3.63) is 63.1 Å². The van der Waals surface area contributed by atoms with Crippen LogP contribution in [0.25, 0.3) is 0 Å². The van der Waals surface area contributed by atoms with E-state index in [1.54, 1.807) is 12.1 Å². The smallest absolute Gasteiger partial charge is 0.0857 e. The second kappa shape index (κ2) is 10.1. The molecule has 2 aromatic rings. The van der Waals surface area contributed by atoms with Crippen molar-refractivity contribution in [2.24, 2.45) is 4.99 Å². The van der Waals surface area contributed by atoms with E-state index in [0.29, 0.717) is 26.5 Å². The molecule has 0 heterocycles. The highest BCUT2D eigenvalue weighted by Crippen LogP contribution is 2.25. The normalized spacial score (nSPS) is 11.4. The summed E-state index contributed by atoms with van der Waals surface area (Å²) in [5.74, 6) is 0. The second-order valence-electron chi connectivity index (χ2n) is 5.54. The van der Waals surface area contributed by atoms with Gasteiger partial charge in [-0.05, 0) is 42.3 Å². The Morgan fingerprint density at radius 3 is 2.40 bits per heavy atom. The standard InChI is InChI=1S/C19H19Cl3N2S/c1-2-3-10-23-18(13-4-6-14(20)7-5-13)12-19(25)24-15-8-9-16(21)17(22)11-15/h4-9,11H,2-3,10,12H2,1H3,(H,24,25). The topological polar surface area (TPSA) is 24.4 Å². The van der Waals surface area contributed by atoms with Crippen molar-refractivity contribution in [3.8, 4) is 0 Å². The van der Waals surface area contributed by atoms with Gasteiger partial charge in [-0.25, -0.2) is 0 Å². The van der Waals surface area contributed by atoms with Crippen molar-refractivity contribution in [1.82, 2.24) is 0 Å². The largest absolute Gasteiger partial charge is 0.350 e. The Kier molecular flexibility index (Phi) is 8.17. The highest BCUT2D eigenvalue weighted by Gasteiger charge is 2.09. The summed E-state index contributed by atoms with van der Waals surface area (Å²) in [5, 5.41) is 4.90. The minimum absolute atomic E-state index is 0.490. The van der Waals surface area contributed by atoms with Crippen LogP contribution < -0.4 is 5.32 Å². The van der Waals surface area contributed by atoms with Crippen LogP contribution in [0.2, 0.25) is 15.1 Å². The zero-order valence-corrected chi connectivity index (χ0v) is 16.9. The maximum absolute atomic E-state index is 6.05. The number of unbranched alkanes of at least 4 members (excludes halogenated alkanes) is 1. The number of rotatable bonds is 7. The molecule has 0 atom stereocenters. The summed E-state index contributed by atoms with van der Waals surface area (Å²) in [5.41, 5.74) is 2.78. The summed E-state index contributed by atoms with van der Waals surface area (Å²) in [6.45, 7) is 2.93. The Labute approximate surface area is 169 Å². The molecule has 132 valence electrons. The average molecular weight is 414 g/mol. The number of aliphatic imine (C=N–C) groups is 1. The van der Waals surface area contributed by atoms with Crippen LogP contribution in [0.1, 0.15) is 31.7 Å². The highest BCUT2D eigenvalue weighted by molar-refractivity contribution is 7.80. The maximum Gasteiger partial charge on any atom is 0.0857 e. The van der Waals surface area contributed by atoms with Crippen LogP contribution in [-0.4, -0.2) is 17.2 Å². The highest BCUT2D eigenvalue weighted by atomic mass is 35.5. The van der Waals surface area contributed by atoms with Crippen molar-refractivity contribution < 1.29 is 0 Å². The SMILES string of the molecule is CCCCN=C(CC(=S)Nc1ccc(Cl)c(Cl)c1)c1ccc(Cl)cc1. The molecule has 0 amide bonds. The van der Waals surface area contributed by atoms with E-state index in [4.69, 9.17) is 52.0 Å². The number of benzene rings is 2. The molecule has 0 saturated heterocycles. The fourth-order valence-corrected chi connectivity index (χ4v) is 2.87. The van der Waals surface area contributed by atoms with Crippen LogP contribution in [-0.2, 0) is 0 Å². The summed E-state index contributed by atoms with van der Waals surface area (Å²) in [6, 6.07) is 13.0. The average Bonchev–Trinajstić information content (AvgIpc) is 2.58. The van der Waals surface area contributed by atoms with Gasteiger partial charge in [0.1, 0.15) is 0 Å². The molecule has 0 saturated carbocycles. The molecule has 0 aromatic heterocycles. The zero-order valence-electron chi connectivity index (χ0n) is 13.9. The van der Waals surface area contributed by atoms with Gasteiger partial charge in [0.15, 0.2) is 0 Å². The van der Waals surface area contributed by atoms with Gasteiger partial charge in [-0.3, -0.25) is 4.99 Å². The molecular formula is C19H19Cl3N2S. The van der Waals surface area contributed by atoms with Gasteiger partial charge in [0, 0.05) is 29.4 Å². The summed E-state index contributed by atoms with van der Waals surface area (Å²) < 4.78 is 0. The number of hydrogen-bond donors (Lipinski definition) is 1. The summed E-state index contributed by atoms with van der Waals surface area (Å²) >= 11 is 23.5. The van der Waals surface area contributed by atoms with Crippen molar-refractivity contribution in [2.75, 3.05) is 11.9 Å². The lowest BCUT2D eigenvalue weighted by atomic mass is 10.1. The molecule has 0 spiro atoms. The Hall–Kier alpha value is -1.13. The first-order valence-corrected chi connectivity index (χ1v) is 9.58. The molecular weight excluding hydrogens is 395 g/mol. The molecule has 0 bridgehead atoms. The molecule has 1 N–H and O–H groups in total. The summed E-state index contributed by atoms with van der Waals surface area (Å²) in [6.07, 6.45) is 2.69. The van der Waals surface area contributed by atoms with Gasteiger partial charge >= 0.3 is 0 Å². The lowest BCUT2D eigenvalue weighted by Gasteiger charge is -2.12. The van der Waals surface area contributed by atoms with E-state index in [1.807, 2.05) is 30.3 Å². The van der Waals surface area contributed by atoms with Gasteiger partial charge < -0.3 is 5.32 Å². The number of thiocarbonyl (C=S) groups is 1. The molecule has 0 aliphatic carbocycles. The predicted octanol–water partition coefficient (Wildman–Crippen LogP) is 7.07. The molecule has 0 aliphatic rings. The third-order valence-electron chi connectivity index (χ3n) is 3.52. The molecule has 0 radical (unpaired) electrons. The van der Waals surface area contributed by atoms with Gasteiger partial charge in [0.05, 0.1) is 15.0 Å². The fraction of sp³-hybridized carbons (Fsp3) is 0.263. The van der Waals surface area contributed by atoms with E-state index in [1.165, 1.54) is 0 Å². The van der Waals surface area contributed by atoms with Crippen LogP contribution >= 0.6 is 47.0 Å². The summed E-state index contributed by atoms with van der Waals surface area (Å²) in [4.78, 5) is 5.40. The molecule has 0 fully saturated rings. The van der Waals surface area contributed by atoms with E-state index in [-0.39, 0.29) is 0 Å². The van der Waals surface area contributed by atoms with E-state index in [9.17, 15) is 0 Å². The first kappa shape index (κ1) is 20.2. The minimum atomic E-state index is 0.490. The van der Waals surface area contributed by atoms with Crippen molar-refractivity contribution in [1.29, 1.82) is 0 Å². The van der Waals surface area contributed by atoms with Crippen LogP contribution in [0.5, 0.6) is 0 Å². The fourth-order valence-electron chi connectivity index (χ4n) is 2.19. The number of anilines is 1. The minimum Gasteiger partial charge on any atom is -0.350 e. The Morgan fingerprint density at radius 1 is 1.04 bits per heavy atom. The molecule has 6 heteroatoms. The van der Waals surface area contributed by atoms with E-state index >= 15 is 0 Å². The van der Waals surface area contributed by atoms with Crippen LogP contribution in [0, 0.1) is 0 Å². The molecule has 2 nitrogen and oxygen atoms in total. The van der Waals surface area contributed by atoms with Crippen LogP contribution in [0.15, 0.2) is 47.5 Å². The van der Waals surface area contributed by atoms with Gasteiger partial charge in [0.2, 0.25) is 0 Å². The third kappa shape index (κ3) is 6.59. The first-order chi connectivity index (χ1) is 12.0. The van der Waals surface area contributed by atoms with Gasteiger partial charge in [-0.1, -0.05) is 72.5 Å². The van der Waals surface area contributed by atoms with E-state index < -0.39 is 0 Å². The van der Waals surface area contributed by atoms with Crippen LogP contribution in [0.3, 0.4) is 0 Å². The van der Waals surface area contributed by atoms with E-state index in [2.05, 4.69) is 12.2 Å². The number of nitrogens with zero attached hydrogens (tertiary/aromatic N) is 1. The molecule has 2 rings (SSSR count). The van der Waals surface area contributed by atoms with E-state index in [0.717, 1.165) is 36.3 Å². The molecule has 0 aliphatic heterocycles. The third-order valence-corrected chi connectivity index (χ3v) is 4.76. The lowest BCUT2D eigenvalue weighted by molar-refractivity contribution is 0.807. The monoisotopic (exact) mass is 412 g/mol. The van der Waals surface area contributed by atoms with Gasteiger partial charge in [-0.15, -0.1) is 0 Å².